The summed E-state index contributed by atoms with van der Waals surface area (Å²) in [6.45, 7) is 2.31. The number of hydrogen-bond acceptors (Lipinski definition) is 5. The number of amides is 2. The molecule has 1 aliphatic carbocycles. The molecule has 1 saturated carbocycles. The number of hydrogen-bond donors (Lipinski definition) is 3. The van der Waals surface area contributed by atoms with Gasteiger partial charge in [0.1, 0.15) is 12.4 Å². The summed E-state index contributed by atoms with van der Waals surface area (Å²) in [5.74, 6) is -0.878. The highest BCUT2D eigenvalue weighted by Gasteiger charge is 2.59. The van der Waals surface area contributed by atoms with E-state index < -0.39 is 23.1 Å². The Labute approximate surface area is 173 Å². The maximum atomic E-state index is 11.9. The maximum Gasteiger partial charge on any atom is 0.247 e. The Hall–Kier alpha value is -3.45. The average Bonchev–Trinajstić information content (AvgIpc) is 3.46. The van der Waals surface area contributed by atoms with Crippen molar-refractivity contribution in [2.75, 3.05) is 0 Å². The fraction of sp³-hybridized carbons (Fsp3) is 0.261. The molecule has 2 amide bonds. The zero-order valence-electron chi connectivity index (χ0n) is 16.6. The molecular weight excluding hydrogens is 382 g/mol. The molecule has 7 heteroatoms. The normalized spacial score (nSPS) is 20.0. The van der Waals surface area contributed by atoms with Crippen molar-refractivity contribution in [1.29, 1.82) is 0 Å². The lowest BCUT2D eigenvalue weighted by Crippen LogP contribution is -2.28. The van der Waals surface area contributed by atoms with Crippen molar-refractivity contribution in [3.05, 3.63) is 71.4 Å². The minimum Gasteiger partial charge on any atom is -0.489 e. The van der Waals surface area contributed by atoms with Gasteiger partial charge in [-0.3, -0.25) is 19.8 Å². The Morgan fingerprint density at radius 3 is 2.80 bits per heavy atom. The monoisotopic (exact) mass is 405 g/mol. The molecule has 0 unspecified atom stereocenters. The van der Waals surface area contributed by atoms with Crippen LogP contribution in [0.3, 0.4) is 0 Å². The molecule has 4 rings (SSSR count). The van der Waals surface area contributed by atoms with Crippen LogP contribution in [-0.2, 0) is 21.6 Å². The van der Waals surface area contributed by atoms with Gasteiger partial charge in [-0.15, -0.1) is 0 Å². The predicted octanol–water partition coefficient (Wildman–Crippen LogP) is 2.76. The van der Waals surface area contributed by atoms with Gasteiger partial charge in [0, 0.05) is 28.5 Å². The highest BCUT2D eigenvalue weighted by molar-refractivity contribution is 5.87. The second kappa shape index (κ2) is 7.76. The number of nitrogens with one attached hydrogen (secondary N) is 1. The van der Waals surface area contributed by atoms with E-state index in [-0.39, 0.29) is 6.42 Å². The minimum absolute atomic E-state index is 0.0305. The summed E-state index contributed by atoms with van der Waals surface area (Å²) in [4.78, 5) is 28.1. The van der Waals surface area contributed by atoms with Gasteiger partial charge < -0.3 is 10.5 Å². The number of primary amides is 1. The average molecular weight is 405 g/mol. The van der Waals surface area contributed by atoms with Gasteiger partial charge in [0.2, 0.25) is 11.8 Å². The molecule has 0 saturated heterocycles. The van der Waals surface area contributed by atoms with E-state index in [9.17, 15) is 9.59 Å². The van der Waals surface area contributed by atoms with Crippen molar-refractivity contribution in [1.82, 2.24) is 10.5 Å². The van der Waals surface area contributed by atoms with Crippen LogP contribution in [0.25, 0.3) is 10.9 Å². The number of carbonyl (C=O) groups is 2. The molecule has 30 heavy (non-hydrogen) atoms. The lowest BCUT2D eigenvalue weighted by Gasteiger charge is -2.17. The van der Waals surface area contributed by atoms with E-state index in [2.05, 4.69) is 4.98 Å². The molecule has 2 aromatic carbocycles. The topological polar surface area (TPSA) is 115 Å². The Morgan fingerprint density at radius 1 is 1.23 bits per heavy atom. The van der Waals surface area contributed by atoms with Crippen LogP contribution in [0, 0.1) is 12.8 Å². The van der Waals surface area contributed by atoms with Crippen LogP contribution in [0.2, 0.25) is 0 Å². The van der Waals surface area contributed by atoms with Crippen LogP contribution < -0.4 is 16.0 Å². The largest absolute Gasteiger partial charge is 0.489 e. The van der Waals surface area contributed by atoms with Crippen LogP contribution in [0.1, 0.15) is 29.7 Å². The van der Waals surface area contributed by atoms with Gasteiger partial charge in [-0.1, -0.05) is 30.3 Å². The third kappa shape index (κ3) is 3.71. The molecule has 1 aromatic heterocycles. The number of hydroxylamine groups is 1. The number of carbonyl (C=O) groups excluding carboxylic acids is 2. The van der Waals surface area contributed by atoms with E-state index in [1.165, 1.54) is 0 Å². The fourth-order valence-electron chi connectivity index (χ4n) is 4.23. The van der Waals surface area contributed by atoms with E-state index >= 15 is 0 Å². The lowest BCUT2D eigenvalue weighted by molar-refractivity contribution is -0.131. The maximum absolute atomic E-state index is 11.9. The number of pyridine rings is 1. The third-order valence-electron chi connectivity index (χ3n) is 5.72. The Kier molecular flexibility index (Phi) is 5.13. The number of para-hydroxylation sites is 1. The molecule has 1 heterocycles. The van der Waals surface area contributed by atoms with Crippen molar-refractivity contribution in [3.63, 3.8) is 0 Å². The quantitative estimate of drug-likeness (QED) is 0.413. The third-order valence-corrected chi connectivity index (χ3v) is 5.72. The van der Waals surface area contributed by atoms with Crippen LogP contribution in [-0.4, -0.2) is 22.0 Å². The minimum atomic E-state index is -0.710. The zero-order valence-corrected chi connectivity index (χ0v) is 16.6. The molecule has 0 bridgehead atoms. The lowest BCUT2D eigenvalue weighted by atomic mass is 9.89. The van der Waals surface area contributed by atoms with Crippen molar-refractivity contribution in [2.24, 2.45) is 11.7 Å². The first-order chi connectivity index (χ1) is 14.4. The van der Waals surface area contributed by atoms with E-state index in [1.807, 2.05) is 61.5 Å². The molecule has 154 valence electrons. The number of aromatic nitrogens is 1. The Balaban J connectivity index is 1.59. The summed E-state index contributed by atoms with van der Waals surface area (Å²) in [6.07, 6.45) is 0.475. The molecule has 0 radical (unpaired) electrons. The first-order valence-corrected chi connectivity index (χ1v) is 9.74. The summed E-state index contributed by atoms with van der Waals surface area (Å²) in [5, 5.41) is 10.0. The van der Waals surface area contributed by atoms with E-state index in [0.29, 0.717) is 18.8 Å². The number of nitrogens with two attached hydrogens (primary N) is 1. The standard InChI is InChI=1S/C23H23N3O4/c1-14-9-15(18-7-2-3-8-20(18)25-14)13-30-17-6-4-5-16(10-17)23(12-21(24)27)11-19(23)22(28)26-29/h2-10,19,29H,11-13H2,1H3,(H2,24,27)(H,26,28)/t19-,23-/m1/s1. The van der Waals surface area contributed by atoms with Gasteiger partial charge in [-0.25, -0.2) is 5.48 Å². The second-order valence-corrected chi connectivity index (χ2v) is 7.79. The molecule has 1 aliphatic rings. The molecule has 0 aliphatic heterocycles. The number of benzene rings is 2. The SMILES string of the molecule is Cc1cc(COc2cccc([C@]3(CC(N)=O)C[C@@H]3C(=O)NO)c2)c2ccccc2n1. The molecule has 7 nitrogen and oxygen atoms in total. The molecule has 3 aromatic rings. The number of ether oxygens (including phenoxy) is 1. The fourth-order valence-corrected chi connectivity index (χ4v) is 4.23. The molecule has 4 N–H and O–H groups in total. The Bertz CT molecular complexity index is 1130. The van der Waals surface area contributed by atoms with Crippen molar-refractivity contribution in [2.45, 2.75) is 31.8 Å². The number of rotatable bonds is 7. The molecule has 0 spiro atoms. The highest BCUT2D eigenvalue weighted by atomic mass is 16.5. The smallest absolute Gasteiger partial charge is 0.247 e. The van der Waals surface area contributed by atoms with E-state index in [4.69, 9.17) is 15.7 Å². The first kappa shape index (κ1) is 19.8. The van der Waals surface area contributed by atoms with E-state index in [1.54, 1.807) is 5.48 Å². The molecule has 2 atom stereocenters. The van der Waals surface area contributed by atoms with Crippen molar-refractivity contribution < 1.29 is 19.5 Å². The summed E-state index contributed by atoms with van der Waals surface area (Å²) in [5.41, 5.74) is 10.1. The van der Waals surface area contributed by atoms with Gasteiger partial charge in [-0.05, 0) is 43.2 Å². The van der Waals surface area contributed by atoms with E-state index in [0.717, 1.165) is 27.7 Å². The zero-order chi connectivity index (χ0) is 21.3. The van der Waals surface area contributed by atoms with Gasteiger partial charge in [0.15, 0.2) is 0 Å². The van der Waals surface area contributed by atoms with Crippen molar-refractivity contribution in [3.8, 4) is 5.75 Å². The van der Waals surface area contributed by atoms with Crippen LogP contribution in [0.15, 0.2) is 54.6 Å². The first-order valence-electron chi connectivity index (χ1n) is 9.74. The van der Waals surface area contributed by atoms with Gasteiger partial charge in [0.25, 0.3) is 0 Å². The second-order valence-electron chi connectivity index (χ2n) is 7.79. The Morgan fingerprint density at radius 2 is 2.03 bits per heavy atom. The number of aryl methyl sites for hydroxylation is 1. The van der Waals surface area contributed by atoms with Crippen LogP contribution >= 0.6 is 0 Å². The highest BCUT2D eigenvalue weighted by Crippen LogP contribution is 2.57. The van der Waals surface area contributed by atoms with Crippen LogP contribution in [0.5, 0.6) is 5.75 Å². The van der Waals surface area contributed by atoms with Crippen molar-refractivity contribution >= 4 is 22.7 Å². The number of fused-ring (bicyclic) bond motifs is 1. The van der Waals surface area contributed by atoms with Crippen LogP contribution in [0.4, 0.5) is 0 Å². The van der Waals surface area contributed by atoms with Gasteiger partial charge in [0.05, 0.1) is 11.4 Å². The molecule has 1 fully saturated rings. The van der Waals surface area contributed by atoms with Gasteiger partial charge >= 0.3 is 0 Å². The number of nitrogens with zero attached hydrogens (tertiary/aromatic N) is 1. The summed E-state index contributed by atoms with van der Waals surface area (Å²) in [6, 6.07) is 17.3. The summed E-state index contributed by atoms with van der Waals surface area (Å²) < 4.78 is 6.05. The predicted molar refractivity (Wildman–Crippen MR) is 111 cm³/mol. The summed E-state index contributed by atoms with van der Waals surface area (Å²) in [7, 11) is 0. The summed E-state index contributed by atoms with van der Waals surface area (Å²) >= 11 is 0. The molecular formula is C23H23N3O4. The van der Waals surface area contributed by atoms with Gasteiger partial charge in [-0.2, -0.15) is 0 Å².